The topological polar surface area (TPSA) is 139 Å². The van der Waals surface area contributed by atoms with E-state index in [0.717, 1.165) is 12.1 Å². The number of rotatable bonds is 8. The number of hydrogen-bond acceptors (Lipinski definition) is 9. The van der Waals surface area contributed by atoms with Crippen molar-refractivity contribution in [1.29, 1.82) is 0 Å². The van der Waals surface area contributed by atoms with Gasteiger partial charge in [0.1, 0.15) is 17.3 Å². The van der Waals surface area contributed by atoms with E-state index in [-0.39, 0.29) is 22.8 Å². The van der Waals surface area contributed by atoms with Gasteiger partial charge in [-0.05, 0) is 48.0 Å². The summed E-state index contributed by atoms with van der Waals surface area (Å²) in [5, 5.41) is 10.8. The van der Waals surface area contributed by atoms with E-state index in [2.05, 4.69) is 4.74 Å². The highest BCUT2D eigenvalue weighted by atomic mass is 32.2. The maximum atomic E-state index is 12.4. The fourth-order valence-electron chi connectivity index (χ4n) is 2.66. The summed E-state index contributed by atoms with van der Waals surface area (Å²) in [5.41, 5.74) is 0.779. The zero-order valence-electron chi connectivity index (χ0n) is 17.2. The largest absolute Gasteiger partial charge is 0.465 e. The molecule has 0 bridgehead atoms. The van der Waals surface area contributed by atoms with Crippen LogP contribution < -0.4 is 4.18 Å². The average molecular weight is 471 g/mol. The molecule has 0 amide bonds. The van der Waals surface area contributed by atoms with Crippen LogP contribution >= 0.6 is 0 Å². The van der Waals surface area contributed by atoms with Gasteiger partial charge in [0.15, 0.2) is 0 Å². The number of carbonyl (C=O) groups is 2. The fourth-order valence-corrected chi connectivity index (χ4v) is 3.63. The zero-order valence-corrected chi connectivity index (χ0v) is 18.0. The maximum Gasteiger partial charge on any atom is 0.339 e. The standard InChI is InChI=1S/C22H17NO9S/c1-30-21(24)16-7-5-15(6-8-16)14-31-22(25)17-9-11-19(12-10-17)32-33(28,29)20-4-2-3-18(13-20)23(26)27/h2-13H,14H2,1H3. The molecule has 0 saturated carbocycles. The molecule has 0 heterocycles. The van der Waals surface area contributed by atoms with Gasteiger partial charge in [-0.2, -0.15) is 8.42 Å². The molecule has 0 aliphatic rings. The summed E-state index contributed by atoms with van der Waals surface area (Å²) in [5.74, 6) is -1.22. The number of benzene rings is 3. The highest BCUT2D eigenvalue weighted by Crippen LogP contribution is 2.22. The van der Waals surface area contributed by atoms with Crippen LogP contribution in [0.15, 0.2) is 77.7 Å². The molecule has 3 aromatic carbocycles. The van der Waals surface area contributed by atoms with Crippen molar-refractivity contribution in [3.05, 3.63) is 99.6 Å². The monoisotopic (exact) mass is 471 g/mol. The van der Waals surface area contributed by atoms with Gasteiger partial charge in [0.25, 0.3) is 5.69 Å². The second-order valence-corrected chi connectivity index (χ2v) is 8.13. The highest BCUT2D eigenvalue weighted by Gasteiger charge is 2.20. The first-order valence-electron chi connectivity index (χ1n) is 9.33. The lowest BCUT2D eigenvalue weighted by molar-refractivity contribution is -0.385. The van der Waals surface area contributed by atoms with Crippen molar-refractivity contribution in [2.75, 3.05) is 7.11 Å². The van der Waals surface area contributed by atoms with Crippen molar-refractivity contribution >= 4 is 27.7 Å². The van der Waals surface area contributed by atoms with Crippen LogP contribution in [0.3, 0.4) is 0 Å². The van der Waals surface area contributed by atoms with E-state index in [9.17, 15) is 28.1 Å². The van der Waals surface area contributed by atoms with Crippen LogP contribution in [0.1, 0.15) is 26.3 Å². The van der Waals surface area contributed by atoms with Gasteiger partial charge in [0.2, 0.25) is 0 Å². The van der Waals surface area contributed by atoms with E-state index in [1.165, 1.54) is 43.5 Å². The molecule has 0 aromatic heterocycles. The molecular formula is C22H17NO9S. The van der Waals surface area contributed by atoms with Crippen molar-refractivity contribution in [2.24, 2.45) is 0 Å². The van der Waals surface area contributed by atoms with Gasteiger partial charge in [0.05, 0.1) is 23.2 Å². The second kappa shape index (κ2) is 9.92. The average Bonchev–Trinajstić information content (AvgIpc) is 2.82. The molecule has 0 atom stereocenters. The van der Waals surface area contributed by atoms with Crippen molar-refractivity contribution in [3.8, 4) is 5.75 Å². The Balaban J connectivity index is 1.62. The van der Waals surface area contributed by atoms with Crippen LogP contribution in [0.4, 0.5) is 5.69 Å². The maximum absolute atomic E-state index is 12.4. The van der Waals surface area contributed by atoms with Crippen LogP contribution in [0.5, 0.6) is 5.75 Å². The van der Waals surface area contributed by atoms with Gasteiger partial charge < -0.3 is 13.7 Å². The molecule has 0 radical (unpaired) electrons. The van der Waals surface area contributed by atoms with Gasteiger partial charge in [-0.3, -0.25) is 10.1 Å². The number of esters is 2. The van der Waals surface area contributed by atoms with Gasteiger partial charge >= 0.3 is 22.1 Å². The number of carbonyl (C=O) groups excluding carboxylic acids is 2. The van der Waals surface area contributed by atoms with E-state index >= 15 is 0 Å². The number of nitrogens with zero attached hydrogens (tertiary/aromatic N) is 1. The van der Waals surface area contributed by atoms with E-state index in [0.29, 0.717) is 11.1 Å². The summed E-state index contributed by atoms with van der Waals surface area (Å²) in [6.07, 6.45) is 0. The molecule has 0 aliphatic carbocycles. The van der Waals surface area contributed by atoms with Gasteiger partial charge in [-0.25, -0.2) is 9.59 Å². The molecule has 170 valence electrons. The summed E-state index contributed by atoms with van der Waals surface area (Å²) in [4.78, 5) is 33.4. The Bertz CT molecular complexity index is 1280. The van der Waals surface area contributed by atoms with Gasteiger partial charge in [0, 0.05) is 12.1 Å². The molecule has 0 N–H and O–H groups in total. The van der Waals surface area contributed by atoms with Crippen molar-refractivity contribution in [2.45, 2.75) is 11.5 Å². The molecule has 0 fully saturated rings. The Hall–Kier alpha value is -4.25. The van der Waals surface area contributed by atoms with Gasteiger partial charge in [-0.15, -0.1) is 0 Å². The third-order valence-electron chi connectivity index (χ3n) is 4.36. The number of methoxy groups -OCH3 is 1. The predicted molar refractivity (Wildman–Crippen MR) is 114 cm³/mol. The first kappa shape index (κ1) is 23.4. The Kier molecular flexibility index (Phi) is 7.04. The normalized spacial score (nSPS) is 10.8. The molecule has 3 rings (SSSR count). The van der Waals surface area contributed by atoms with Crippen LogP contribution in [0.25, 0.3) is 0 Å². The SMILES string of the molecule is COC(=O)c1ccc(COC(=O)c2ccc(OS(=O)(=O)c3cccc([N+](=O)[O-])c3)cc2)cc1. The molecule has 0 aliphatic heterocycles. The Morgan fingerprint density at radius 1 is 0.909 bits per heavy atom. The number of non-ortho nitro benzene ring substituents is 1. The van der Waals surface area contributed by atoms with Crippen LogP contribution in [0, 0.1) is 10.1 Å². The zero-order chi connectivity index (χ0) is 24.0. The van der Waals surface area contributed by atoms with E-state index in [1.807, 2.05) is 0 Å². The molecule has 0 saturated heterocycles. The van der Waals surface area contributed by atoms with Crippen LogP contribution in [-0.4, -0.2) is 32.4 Å². The van der Waals surface area contributed by atoms with E-state index in [4.69, 9.17) is 8.92 Å². The summed E-state index contributed by atoms with van der Waals surface area (Å²) in [7, 11) is -3.04. The predicted octanol–water partition coefficient (Wildman–Crippen LogP) is 3.51. The third-order valence-corrected chi connectivity index (χ3v) is 5.60. The number of nitro benzene ring substituents is 1. The number of ether oxygens (including phenoxy) is 2. The summed E-state index contributed by atoms with van der Waals surface area (Å²) in [6.45, 7) is -0.0420. The molecule has 33 heavy (non-hydrogen) atoms. The Morgan fingerprint density at radius 3 is 2.12 bits per heavy atom. The molecular weight excluding hydrogens is 454 g/mol. The second-order valence-electron chi connectivity index (χ2n) is 6.58. The Labute approximate surface area is 188 Å². The van der Waals surface area contributed by atoms with Crippen molar-refractivity contribution in [3.63, 3.8) is 0 Å². The first-order valence-corrected chi connectivity index (χ1v) is 10.7. The lowest BCUT2D eigenvalue weighted by Crippen LogP contribution is -2.10. The quantitative estimate of drug-likeness (QED) is 0.209. The lowest BCUT2D eigenvalue weighted by atomic mass is 10.1. The molecule has 11 heteroatoms. The first-order chi connectivity index (χ1) is 15.7. The minimum Gasteiger partial charge on any atom is -0.465 e. The van der Waals surface area contributed by atoms with E-state index in [1.54, 1.807) is 24.3 Å². The minimum atomic E-state index is -4.31. The number of nitro groups is 1. The number of hydrogen-bond donors (Lipinski definition) is 0. The molecule has 10 nitrogen and oxygen atoms in total. The molecule has 0 spiro atoms. The smallest absolute Gasteiger partial charge is 0.339 e. The van der Waals surface area contributed by atoms with Crippen molar-refractivity contribution in [1.82, 2.24) is 0 Å². The fraction of sp³-hybridized carbons (Fsp3) is 0.0909. The van der Waals surface area contributed by atoms with E-state index < -0.39 is 32.7 Å². The summed E-state index contributed by atoms with van der Waals surface area (Å²) in [6, 6.07) is 15.9. The lowest BCUT2D eigenvalue weighted by Gasteiger charge is -2.08. The minimum absolute atomic E-state index is 0.0420. The van der Waals surface area contributed by atoms with Gasteiger partial charge in [-0.1, -0.05) is 18.2 Å². The molecule has 3 aromatic rings. The van der Waals surface area contributed by atoms with Crippen molar-refractivity contribution < 1.29 is 36.6 Å². The Morgan fingerprint density at radius 2 is 1.52 bits per heavy atom. The highest BCUT2D eigenvalue weighted by molar-refractivity contribution is 7.87. The summed E-state index contributed by atoms with van der Waals surface area (Å²) >= 11 is 0. The third kappa shape index (κ3) is 5.92. The van der Waals surface area contributed by atoms with Crippen LogP contribution in [0.2, 0.25) is 0 Å². The summed E-state index contributed by atoms with van der Waals surface area (Å²) < 4.78 is 39.6. The van der Waals surface area contributed by atoms with Crippen LogP contribution in [-0.2, 0) is 26.2 Å². The molecule has 0 unspecified atom stereocenters.